The standard InChI is InChI=1S/C23H19N5O2S/c1-14(21-27-17-8-3-4-9-18(17)28-21)26-22(29)20-16(13-31-23-24-11-6-12-25-23)15-7-2-5-10-19(15)30-20/h2-12,14H,13H2,1H3,(H,26,29)(H,27,28). The Morgan fingerprint density at radius 1 is 1.10 bits per heavy atom. The van der Waals surface area contributed by atoms with Crippen molar-refractivity contribution in [1.29, 1.82) is 0 Å². The van der Waals surface area contributed by atoms with E-state index in [0.717, 1.165) is 22.0 Å². The Labute approximate surface area is 182 Å². The van der Waals surface area contributed by atoms with Gasteiger partial charge in [-0.1, -0.05) is 42.1 Å². The lowest BCUT2D eigenvalue weighted by Crippen LogP contribution is -2.27. The lowest BCUT2D eigenvalue weighted by molar-refractivity contribution is 0.0911. The van der Waals surface area contributed by atoms with Crippen molar-refractivity contribution in [2.45, 2.75) is 23.9 Å². The monoisotopic (exact) mass is 429 g/mol. The van der Waals surface area contributed by atoms with Gasteiger partial charge in [0.05, 0.1) is 17.1 Å². The summed E-state index contributed by atoms with van der Waals surface area (Å²) in [7, 11) is 0. The number of hydrogen-bond donors (Lipinski definition) is 2. The Balaban J connectivity index is 1.42. The average Bonchev–Trinajstić information content (AvgIpc) is 3.40. The zero-order chi connectivity index (χ0) is 21.2. The topological polar surface area (TPSA) is 96.7 Å². The van der Waals surface area contributed by atoms with Crippen LogP contribution in [0.1, 0.15) is 34.9 Å². The third-order valence-corrected chi connectivity index (χ3v) is 5.86. The number of para-hydroxylation sites is 3. The second kappa shape index (κ2) is 8.23. The van der Waals surface area contributed by atoms with Gasteiger partial charge in [-0.3, -0.25) is 4.79 Å². The van der Waals surface area contributed by atoms with Crippen LogP contribution in [0.25, 0.3) is 22.0 Å². The zero-order valence-electron chi connectivity index (χ0n) is 16.7. The van der Waals surface area contributed by atoms with Crippen molar-refractivity contribution in [3.05, 3.63) is 84.1 Å². The molecular weight excluding hydrogens is 410 g/mol. The lowest BCUT2D eigenvalue weighted by Gasteiger charge is -2.11. The number of H-pyrrole nitrogens is 1. The largest absolute Gasteiger partial charge is 0.451 e. The van der Waals surface area contributed by atoms with Crippen molar-refractivity contribution in [1.82, 2.24) is 25.3 Å². The number of amides is 1. The summed E-state index contributed by atoms with van der Waals surface area (Å²) in [5.74, 6) is 1.23. The van der Waals surface area contributed by atoms with Gasteiger partial charge in [0.1, 0.15) is 11.4 Å². The number of thioether (sulfide) groups is 1. The Kier molecular flexibility index (Phi) is 5.13. The molecule has 1 atom stereocenters. The fourth-order valence-electron chi connectivity index (χ4n) is 3.43. The molecule has 0 aliphatic heterocycles. The van der Waals surface area contributed by atoms with E-state index in [1.54, 1.807) is 18.5 Å². The van der Waals surface area contributed by atoms with Crippen LogP contribution < -0.4 is 5.32 Å². The number of aromatic amines is 1. The predicted octanol–water partition coefficient (Wildman–Crippen LogP) is 4.88. The fraction of sp³-hybridized carbons (Fsp3) is 0.130. The highest BCUT2D eigenvalue weighted by Gasteiger charge is 2.23. The van der Waals surface area contributed by atoms with E-state index in [1.165, 1.54) is 11.8 Å². The molecule has 2 N–H and O–H groups in total. The van der Waals surface area contributed by atoms with Crippen molar-refractivity contribution in [2.75, 3.05) is 0 Å². The maximum Gasteiger partial charge on any atom is 0.287 e. The maximum atomic E-state index is 13.2. The van der Waals surface area contributed by atoms with Crippen molar-refractivity contribution in [2.24, 2.45) is 0 Å². The number of carbonyl (C=O) groups is 1. The van der Waals surface area contributed by atoms with Gasteiger partial charge in [0.25, 0.3) is 5.91 Å². The molecule has 5 aromatic rings. The second-order valence-corrected chi connectivity index (χ2v) is 8.00. The molecule has 0 spiro atoms. The highest BCUT2D eigenvalue weighted by Crippen LogP contribution is 2.31. The summed E-state index contributed by atoms with van der Waals surface area (Å²) in [6.45, 7) is 1.89. The van der Waals surface area contributed by atoms with E-state index in [0.29, 0.717) is 28.1 Å². The molecule has 0 saturated heterocycles. The molecule has 3 aromatic heterocycles. The van der Waals surface area contributed by atoms with Gasteiger partial charge in [0.15, 0.2) is 10.9 Å². The quantitative estimate of drug-likeness (QED) is 0.295. The molecule has 0 aliphatic carbocycles. The minimum atomic E-state index is -0.314. The average molecular weight is 430 g/mol. The SMILES string of the molecule is CC(NC(=O)c1oc2ccccc2c1CSc1ncccn1)c1nc2ccccc2[nH]1. The van der Waals surface area contributed by atoms with Crippen molar-refractivity contribution >= 4 is 39.7 Å². The molecule has 2 aromatic carbocycles. The molecule has 3 heterocycles. The summed E-state index contributed by atoms with van der Waals surface area (Å²) in [5.41, 5.74) is 3.29. The Bertz CT molecular complexity index is 1330. The minimum absolute atomic E-state index is 0.284. The van der Waals surface area contributed by atoms with E-state index in [2.05, 4.69) is 25.3 Å². The van der Waals surface area contributed by atoms with Gasteiger partial charge in [-0.2, -0.15) is 0 Å². The smallest absolute Gasteiger partial charge is 0.287 e. The highest BCUT2D eigenvalue weighted by molar-refractivity contribution is 7.98. The van der Waals surface area contributed by atoms with Crippen molar-refractivity contribution in [3.8, 4) is 0 Å². The van der Waals surface area contributed by atoms with Crippen molar-refractivity contribution < 1.29 is 9.21 Å². The van der Waals surface area contributed by atoms with Crippen LogP contribution >= 0.6 is 11.8 Å². The van der Waals surface area contributed by atoms with Gasteiger partial charge in [-0.25, -0.2) is 15.0 Å². The summed E-state index contributed by atoms with van der Waals surface area (Å²) in [6.07, 6.45) is 3.40. The molecule has 7 nitrogen and oxygen atoms in total. The Hall–Kier alpha value is -3.65. The molecule has 0 aliphatic rings. The van der Waals surface area contributed by atoms with Gasteiger partial charge in [0.2, 0.25) is 0 Å². The van der Waals surface area contributed by atoms with E-state index < -0.39 is 0 Å². The van der Waals surface area contributed by atoms with Gasteiger partial charge >= 0.3 is 0 Å². The van der Waals surface area contributed by atoms with Gasteiger partial charge in [-0.05, 0) is 31.2 Å². The summed E-state index contributed by atoms with van der Waals surface area (Å²) in [5, 5.41) is 4.56. The van der Waals surface area contributed by atoms with Gasteiger partial charge in [-0.15, -0.1) is 0 Å². The van der Waals surface area contributed by atoms with E-state index in [4.69, 9.17) is 4.42 Å². The van der Waals surface area contributed by atoms with Gasteiger partial charge in [0, 0.05) is 29.1 Å². The van der Waals surface area contributed by atoms with Crippen LogP contribution in [0.5, 0.6) is 0 Å². The Morgan fingerprint density at radius 3 is 2.71 bits per heavy atom. The third-order valence-electron chi connectivity index (χ3n) is 4.96. The molecule has 1 amide bonds. The van der Waals surface area contributed by atoms with E-state index in [-0.39, 0.29) is 11.9 Å². The first kappa shape index (κ1) is 19.3. The number of aromatic nitrogens is 4. The van der Waals surface area contributed by atoms with E-state index in [1.807, 2.05) is 55.5 Å². The third kappa shape index (κ3) is 3.89. The van der Waals surface area contributed by atoms with Crippen LogP contribution in [0.2, 0.25) is 0 Å². The molecule has 5 rings (SSSR count). The summed E-state index contributed by atoms with van der Waals surface area (Å²) in [4.78, 5) is 29.5. The number of carbonyl (C=O) groups excluding carboxylic acids is 1. The molecule has 0 bridgehead atoms. The molecule has 31 heavy (non-hydrogen) atoms. The molecule has 0 fully saturated rings. The maximum absolute atomic E-state index is 13.2. The van der Waals surface area contributed by atoms with Gasteiger partial charge < -0.3 is 14.7 Å². The highest BCUT2D eigenvalue weighted by atomic mass is 32.2. The summed E-state index contributed by atoms with van der Waals surface area (Å²) < 4.78 is 5.95. The van der Waals surface area contributed by atoms with Crippen LogP contribution in [0.3, 0.4) is 0 Å². The first-order valence-corrected chi connectivity index (χ1v) is 10.8. The van der Waals surface area contributed by atoms with Crippen LogP contribution in [-0.2, 0) is 5.75 Å². The number of imidazole rings is 1. The van der Waals surface area contributed by atoms with Crippen LogP contribution in [0.15, 0.2) is 76.6 Å². The van der Waals surface area contributed by atoms with Crippen LogP contribution in [0.4, 0.5) is 0 Å². The Morgan fingerprint density at radius 2 is 1.87 bits per heavy atom. The molecular formula is C23H19N5O2S. The van der Waals surface area contributed by atoms with E-state index in [9.17, 15) is 4.79 Å². The lowest BCUT2D eigenvalue weighted by atomic mass is 10.1. The molecule has 1 unspecified atom stereocenters. The first-order chi connectivity index (χ1) is 15.2. The number of fused-ring (bicyclic) bond motifs is 2. The van der Waals surface area contributed by atoms with E-state index >= 15 is 0 Å². The molecule has 154 valence electrons. The zero-order valence-corrected chi connectivity index (χ0v) is 17.5. The van der Waals surface area contributed by atoms with Crippen molar-refractivity contribution in [3.63, 3.8) is 0 Å². The molecule has 0 radical (unpaired) electrons. The summed E-state index contributed by atoms with van der Waals surface area (Å²) in [6, 6.07) is 16.9. The first-order valence-electron chi connectivity index (χ1n) is 9.85. The number of hydrogen-bond acceptors (Lipinski definition) is 6. The number of nitrogens with zero attached hydrogens (tertiary/aromatic N) is 3. The number of benzene rings is 2. The minimum Gasteiger partial charge on any atom is -0.451 e. The molecule has 8 heteroatoms. The predicted molar refractivity (Wildman–Crippen MR) is 120 cm³/mol. The second-order valence-electron chi connectivity index (χ2n) is 7.06. The number of furan rings is 1. The number of rotatable bonds is 6. The van der Waals surface area contributed by atoms with Crippen LogP contribution in [-0.4, -0.2) is 25.8 Å². The van der Waals surface area contributed by atoms with Crippen LogP contribution in [0, 0.1) is 0 Å². The normalized spacial score (nSPS) is 12.3. The summed E-state index contributed by atoms with van der Waals surface area (Å²) >= 11 is 1.46. The fourth-order valence-corrected chi connectivity index (χ4v) is 4.26. The molecule has 0 saturated carbocycles. The number of nitrogens with one attached hydrogen (secondary N) is 2.